The SMILES string of the molecule is COc1cccc(-c2csc(NC(=O)C(Sc3ccc(NS(=O)(=O)c4ccc(C)cc4)cc3)c3ccccc3)n2)c1. The van der Waals surface area contributed by atoms with Crippen LogP contribution in [0.2, 0.25) is 0 Å². The van der Waals surface area contributed by atoms with Gasteiger partial charge in [0, 0.05) is 21.5 Å². The van der Waals surface area contributed by atoms with Crippen LogP contribution in [0.25, 0.3) is 11.3 Å². The Bertz CT molecular complexity index is 1740. The lowest BCUT2D eigenvalue weighted by atomic mass is 10.1. The lowest BCUT2D eigenvalue weighted by Gasteiger charge is -2.16. The van der Waals surface area contributed by atoms with Gasteiger partial charge in [-0.25, -0.2) is 13.4 Å². The summed E-state index contributed by atoms with van der Waals surface area (Å²) in [5.74, 6) is 0.521. The number of nitrogens with zero attached hydrogens (tertiary/aromatic N) is 1. The number of aryl methyl sites for hydroxylation is 1. The van der Waals surface area contributed by atoms with Gasteiger partial charge in [-0.1, -0.05) is 60.2 Å². The zero-order chi connectivity index (χ0) is 28.8. The number of hydrogen-bond acceptors (Lipinski definition) is 7. The number of anilines is 2. The van der Waals surface area contributed by atoms with E-state index in [1.807, 2.05) is 66.9 Å². The van der Waals surface area contributed by atoms with Gasteiger partial charge in [0.1, 0.15) is 11.0 Å². The number of methoxy groups -OCH3 is 1. The summed E-state index contributed by atoms with van der Waals surface area (Å²) in [4.78, 5) is 19.1. The van der Waals surface area contributed by atoms with Gasteiger partial charge in [-0.15, -0.1) is 23.1 Å². The van der Waals surface area contributed by atoms with E-state index in [2.05, 4.69) is 15.0 Å². The van der Waals surface area contributed by atoms with Crippen molar-refractivity contribution in [3.63, 3.8) is 0 Å². The zero-order valence-corrected chi connectivity index (χ0v) is 24.7. The standard InChI is InChI=1S/C31H27N3O4S3/c1-21-11-17-27(18-12-21)41(36,37)34-24-13-15-26(16-14-24)40-29(22-7-4-3-5-8-22)30(35)33-31-32-28(20-39-31)23-9-6-10-25(19-23)38-2/h3-20,29,34H,1-2H3,(H,32,33,35). The summed E-state index contributed by atoms with van der Waals surface area (Å²) in [6.45, 7) is 1.90. The van der Waals surface area contributed by atoms with E-state index in [1.54, 1.807) is 55.6 Å². The van der Waals surface area contributed by atoms with Crippen LogP contribution in [-0.4, -0.2) is 26.4 Å². The van der Waals surface area contributed by atoms with E-state index in [0.29, 0.717) is 10.8 Å². The van der Waals surface area contributed by atoms with Crippen molar-refractivity contribution >= 4 is 49.8 Å². The fraction of sp³-hybridized carbons (Fsp3) is 0.0968. The van der Waals surface area contributed by atoms with E-state index in [-0.39, 0.29) is 10.8 Å². The number of thiazole rings is 1. The second-order valence-electron chi connectivity index (χ2n) is 9.11. The number of carbonyl (C=O) groups excluding carboxylic acids is 1. The summed E-state index contributed by atoms with van der Waals surface area (Å²) in [5.41, 5.74) is 3.90. The first-order valence-corrected chi connectivity index (χ1v) is 15.9. The molecule has 0 aliphatic rings. The van der Waals surface area contributed by atoms with Gasteiger partial charge in [0.05, 0.1) is 17.7 Å². The average Bonchev–Trinajstić information content (AvgIpc) is 3.45. The summed E-state index contributed by atoms with van der Waals surface area (Å²) in [6.07, 6.45) is 0. The number of hydrogen-bond donors (Lipinski definition) is 2. The number of sulfonamides is 1. The second kappa shape index (κ2) is 12.6. The Kier molecular flexibility index (Phi) is 8.72. The highest BCUT2D eigenvalue weighted by atomic mass is 32.2. The van der Waals surface area contributed by atoms with Gasteiger partial charge >= 0.3 is 0 Å². The fourth-order valence-corrected chi connectivity index (χ4v) is 6.79. The Morgan fingerprint density at radius 2 is 1.66 bits per heavy atom. The van der Waals surface area contributed by atoms with Crippen molar-refractivity contribution in [2.45, 2.75) is 22.0 Å². The van der Waals surface area contributed by atoms with Gasteiger partial charge in [-0.3, -0.25) is 9.52 Å². The second-order valence-corrected chi connectivity index (χ2v) is 12.8. The molecule has 1 aromatic heterocycles. The van der Waals surface area contributed by atoms with Crippen molar-refractivity contribution in [1.82, 2.24) is 4.98 Å². The van der Waals surface area contributed by atoms with Crippen LogP contribution in [0.3, 0.4) is 0 Å². The summed E-state index contributed by atoms with van der Waals surface area (Å²) in [5, 5.41) is 4.80. The topological polar surface area (TPSA) is 97.4 Å². The van der Waals surface area contributed by atoms with Crippen LogP contribution in [-0.2, 0) is 14.8 Å². The normalized spacial score (nSPS) is 12.0. The molecule has 0 radical (unpaired) electrons. The minimum Gasteiger partial charge on any atom is -0.497 e. The van der Waals surface area contributed by atoms with E-state index >= 15 is 0 Å². The van der Waals surface area contributed by atoms with Crippen molar-refractivity contribution in [3.05, 3.63) is 120 Å². The summed E-state index contributed by atoms with van der Waals surface area (Å²) in [6, 6.07) is 30.7. The van der Waals surface area contributed by atoms with Crippen molar-refractivity contribution in [3.8, 4) is 17.0 Å². The fourth-order valence-electron chi connectivity index (χ4n) is 3.99. The van der Waals surface area contributed by atoms with Crippen molar-refractivity contribution in [1.29, 1.82) is 0 Å². The number of aromatic nitrogens is 1. The Hall–Kier alpha value is -4.12. The van der Waals surface area contributed by atoms with Gasteiger partial charge in [-0.2, -0.15) is 0 Å². The Morgan fingerprint density at radius 1 is 0.927 bits per heavy atom. The molecule has 0 aliphatic heterocycles. The number of rotatable bonds is 10. The minimum atomic E-state index is -3.71. The van der Waals surface area contributed by atoms with Crippen molar-refractivity contribution in [2.24, 2.45) is 0 Å². The van der Waals surface area contributed by atoms with Crippen LogP contribution >= 0.6 is 23.1 Å². The molecular formula is C31H27N3O4S3. The largest absolute Gasteiger partial charge is 0.497 e. The molecule has 4 aromatic carbocycles. The number of thioether (sulfide) groups is 1. The molecule has 1 unspecified atom stereocenters. The lowest BCUT2D eigenvalue weighted by Crippen LogP contribution is -2.19. The number of amides is 1. The first-order chi connectivity index (χ1) is 19.8. The maximum Gasteiger partial charge on any atom is 0.261 e. The zero-order valence-electron chi connectivity index (χ0n) is 22.3. The quantitative estimate of drug-likeness (QED) is 0.162. The Balaban J connectivity index is 1.31. The lowest BCUT2D eigenvalue weighted by molar-refractivity contribution is -0.115. The molecule has 0 bridgehead atoms. The van der Waals surface area contributed by atoms with Crippen LogP contribution in [0.4, 0.5) is 10.8 Å². The molecule has 5 aromatic rings. The van der Waals surface area contributed by atoms with Crippen LogP contribution < -0.4 is 14.8 Å². The number of ether oxygens (including phenoxy) is 1. The highest BCUT2D eigenvalue weighted by Crippen LogP contribution is 2.37. The molecule has 208 valence electrons. The van der Waals surface area contributed by atoms with E-state index < -0.39 is 15.3 Å². The molecule has 41 heavy (non-hydrogen) atoms. The molecule has 0 spiro atoms. The molecule has 0 fully saturated rings. The number of nitrogens with one attached hydrogen (secondary N) is 2. The van der Waals surface area contributed by atoms with E-state index in [0.717, 1.165) is 33.0 Å². The van der Waals surface area contributed by atoms with Crippen molar-refractivity contribution < 1.29 is 17.9 Å². The van der Waals surface area contributed by atoms with Gasteiger partial charge in [-0.05, 0) is 61.0 Å². The van der Waals surface area contributed by atoms with Gasteiger partial charge in [0.15, 0.2) is 5.13 Å². The van der Waals surface area contributed by atoms with Crippen molar-refractivity contribution in [2.75, 3.05) is 17.1 Å². The van der Waals surface area contributed by atoms with Gasteiger partial charge in [0.2, 0.25) is 5.91 Å². The highest BCUT2D eigenvalue weighted by molar-refractivity contribution is 8.00. The van der Waals surface area contributed by atoms with Gasteiger partial charge < -0.3 is 10.1 Å². The van der Waals surface area contributed by atoms with Crippen LogP contribution in [0.15, 0.2) is 118 Å². The van der Waals surface area contributed by atoms with Crippen LogP contribution in [0.5, 0.6) is 5.75 Å². The molecule has 1 heterocycles. The Morgan fingerprint density at radius 3 is 2.37 bits per heavy atom. The first-order valence-electron chi connectivity index (χ1n) is 12.6. The molecule has 0 saturated heterocycles. The third-order valence-electron chi connectivity index (χ3n) is 6.13. The summed E-state index contributed by atoms with van der Waals surface area (Å²) >= 11 is 2.73. The molecular weight excluding hydrogens is 575 g/mol. The molecule has 0 aliphatic carbocycles. The third kappa shape index (κ3) is 7.15. The predicted molar refractivity (Wildman–Crippen MR) is 166 cm³/mol. The molecule has 0 saturated carbocycles. The molecule has 5 rings (SSSR count). The van der Waals surface area contributed by atoms with E-state index in [9.17, 15) is 13.2 Å². The molecule has 10 heteroatoms. The summed E-state index contributed by atoms with van der Waals surface area (Å²) < 4.78 is 33.5. The highest BCUT2D eigenvalue weighted by Gasteiger charge is 2.23. The average molecular weight is 602 g/mol. The minimum absolute atomic E-state index is 0.194. The molecule has 2 N–H and O–H groups in total. The number of benzene rings is 4. The Labute approximate surface area is 247 Å². The molecule has 1 atom stereocenters. The third-order valence-corrected chi connectivity index (χ3v) is 9.55. The molecule has 1 amide bonds. The van der Waals surface area contributed by atoms with Gasteiger partial charge in [0.25, 0.3) is 10.0 Å². The maximum absolute atomic E-state index is 13.5. The van der Waals surface area contributed by atoms with E-state index in [4.69, 9.17) is 4.74 Å². The number of carbonyl (C=O) groups is 1. The molecule has 7 nitrogen and oxygen atoms in total. The summed E-state index contributed by atoms with van der Waals surface area (Å²) in [7, 11) is -2.10. The van der Waals surface area contributed by atoms with Crippen LogP contribution in [0, 0.1) is 6.92 Å². The maximum atomic E-state index is 13.5. The van der Waals surface area contributed by atoms with E-state index in [1.165, 1.54) is 23.1 Å². The monoisotopic (exact) mass is 601 g/mol. The van der Waals surface area contributed by atoms with Crippen LogP contribution in [0.1, 0.15) is 16.4 Å². The first kappa shape index (κ1) is 28.4. The predicted octanol–water partition coefficient (Wildman–Crippen LogP) is 7.40. The smallest absolute Gasteiger partial charge is 0.261 e.